The summed E-state index contributed by atoms with van der Waals surface area (Å²) in [5.74, 6) is -0.285. The van der Waals surface area contributed by atoms with Crippen LogP contribution in [0.25, 0.3) is 0 Å². The van der Waals surface area contributed by atoms with Gasteiger partial charge >= 0.3 is 0 Å². The van der Waals surface area contributed by atoms with Crippen LogP contribution in [0.3, 0.4) is 0 Å². The second kappa shape index (κ2) is 6.35. The van der Waals surface area contributed by atoms with Crippen LogP contribution in [0, 0.1) is 0 Å². The van der Waals surface area contributed by atoms with Crippen molar-refractivity contribution in [3.05, 3.63) is 51.8 Å². The molecule has 126 valence electrons. The van der Waals surface area contributed by atoms with E-state index in [1.165, 1.54) is 18.5 Å². The molecular weight excluding hydrogens is 371 g/mol. The van der Waals surface area contributed by atoms with Crippen LogP contribution < -0.4 is 4.90 Å². The number of sulfone groups is 1. The van der Waals surface area contributed by atoms with E-state index in [2.05, 4.69) is 4.98 Å². The van der Waals surface area contributed by atoms with Gasteiger partial charge in [0.1, 0.15) is 5.15 Å². The molecule has 1 aliphatic rings. The summed E-state index contributed by atoms with van der Waals surface area (Å²) < 4.78 is 24.0. The first kappa shape index (κ1) is 17.2. The van der Waals surface area contributed by atoms with Crippen molar-refractivity contribution in [3.8, 4) is 0 Å². The third-order valence-corrected chi connectivity index (χ3v) is 5.76. The van der Waals surface area contributed by atoms with Crippen molar-refractivity contribution in [2.45, 2.75) is 17.7 Å². The molecule has 0 fully saturated rings. The van der Waals surface area contributed by atoms with E-state index in [0.717, 1.165) is 0 Å². The maximum Gasteiger partial charge on any atom is 0.259 e. The molecule has 5 nitrogen and oxygen atoms in total. The Morgan fingerprint density at radius 3 is 2.71 bits per heavy atom. The lowest BCUT2D eigenvalue weighted by Crippen LogP contribution is -2.36. The van der Waals surface area contributed by atoms with E-state index in [1.54, 1.807) is 23.1 Å². The molecule has 0 bridgehead atoms. The van der Waals surface area contributed by atoms with Gasteiger partial charge in [0.05, 0.1) is 15.5 Å². The fraction of sp³-hybridized carbons (Fsp3) is 0.250. The molecule has 0 aliphatic carbocycles. The van der Waals surface area contributed by atoms with Crippen molar-refractivity contribution < 1.29 is 13.2 Å². The minimum atomic E-state index is -3.36. The smallest absolute Gasteiger partial charge is 0.259 e. The van der Waals surface area contributed by atoms with Gasteiger partial charge in [0.15, 0.2) is 9.84 Å². The van der Waals surface area contributed by atoms with Gasteiger partial charge in [0.2, 0.25) is 0 Å². The van der Waals surface area contributed by atoms with E-state index in [-0.39, 0.29) is 21.0 Å². The van der Waals surface area contributed by atoms with Gasteiger partial charge in [-0.15, -0.1) is 0 Å². The number of benzene rings is 1. The number of halogens is 2. The van der Waals surface area contributed by atoms with Crippen LogP contribution in [-0.4, -0.2) is 32.1 Å². The Bertz CT molecular complexity index is 929. The normalized spacial score (nSPS) is 14.4. The van der Waals surface area contributed by atoms with Gasteiger partial charge in [-0.1, -0.05) is 29.3 Å². The zero-order valence-corrected chi connectivity index (χ0v) is 15.1. The Morgan fingerprint density at radius 2 is 2.04 bits per heavy atom. The highest BCUT2D eigenvalue weighted by atomic mass is 35.5. The molecule has 0 radical (unpaired) electrons. The van der Waals surface area contributed by atoms with E-state index in [4.69, 9.17) is 23.2 Å². The molecule has 0 unspecified atom stereocenters. The standard InChI is InChI=1S/C16H14Cl2N2O3S/c1-24(22,23)14-6-2-5-13-11(14)4-3-7-20(13)16(21)10-8-12(17)15(18)19-9-10/h2,5-6,8-9H,3-4,7H2,1H3. The monoisotopic (exact) mass is 384 g/mol. The summed E-state index contributed by atoms with van der Waals surface area (Å²) in [6, 6.07) is 6.44. The number of carbonyl (C=O) groups excluding carboxylic acids is 1. The first-order valence-corrected chi connectivity index (χ1v) is 9.88. The zero-order chi connectivity index (χ0) is 17.5. The number of hydrogen-bond acceptors (Lipinski definition) is 4. The Hall–Kier alpha value is -1.63. The Balaban J connectivity index is 2.07. The highest BCUT2D eigenvalue weighted by Gasteiger charge is 2.27. The summed E-state index contributed by atoms with van der Waals surface area (Å²) in [5, 5.41) is 0.330. The lowest BCUT2D eigenvalue weighted by Gasteiger charge is -2.30. The quantitative estimate of drug-likeness (QED) is 0.744. The third-order valence-electron chi connectivity index (χ3n) is 3.90. The van der Waals surface area contributed by atoms with Gasteiger partial charge in [-0.2, -0.15) is 0 Å². The van der Waals surface area contributed by atoms with Gasteiger partial charge in [0.25, 0.3) is 5.91 Å². The Labute approximate surface area is 150 Å². The highest BCUT2D eigenvalue weighted by Crippen LogP contribution is 2.33. The van der Waals surface area contributed by atoms with Crippen LogP contribution in [0.1, 0.15) is 22.3 Å². The number of nitrogens with zero attached hydrogens (tertiary/aromatic N) is 2. The molecule has 0 saturated carbocycles. The lowest BCUT2D eigenvalue weighted by molar-refractivity contribution is 0.0984. The third kappa shape index (κ3) is 3.14. The fourth-order valence-corrected chi connectivity index (χ4v) is 4.09. The number of carbonyl (C=O) groups is 1. The molecule has 3 rings (SSSR count). The van der Waals surface area contributed by atoms with Crippen LogP contribution in [0.5, 0.6) is 0 Å². The number of fused-ring (bicyclic) bond motifs is 1. The highest BCUT2D eigenvalue weighted by molar-refractivity contribution is 7.90. The molecule has 2 heterocycles. The summed E-state index contributed by atoms with van der Waals surface area (Å²) in [5.41, 5.74) is 1.59. The zero-order valence-electron chi connectivity index (χ0n) is 12.8. The maximum atomic E-state index is 12.8. The van der Waals surface area contributed by atoms with Gasteiger partial charge < -0.3 is 4.90 Å². The predicted octanol–water partition coefficient (Wildman–Crippen LogP) is 3.38. The second-order valence-electron chi connectivity index (χ2n) is 5.58. The molecule has 24 heavy (non-hydrogen) atoms. The lowest BCUT2D eigenvalue weighted by atomic mass is 10.0. The number of hydrogen-bond donors (Lipinski definition) is 0. The summed E-state index contributed by atoms with van der Waals surface area (Å²) in [6.07, 6.45) is 3.83. The second-order valence-corrected chi connectivity index (χ2v) is 8.33. The van der Waals surface area contributed by atoms with Gasteiger partial charge in [-0.3, -0.25) is 4.79 Å². The van der Waals surface area contributed by atoms with Crippen molar-refractivity contribution in [1.82, 2.24) is 4.98 Å². The predicted molar refractivity (Wildman–Crippen MR) is 93.8 cm³/mol. The molecule has 8 heteroatoms. The Kier molecular flexibility index (Phi) is 4.55. The van der Waals surface area contributed by atoms with Crippen molar-refractivity contribution in [2.75, 3.05) is 17.7 Å². The SMILES string of the molecule is CS(=O)(=O)c1cccc2c1CCCN2C(=O)c1cnc(Cl)c(Cl)c1. The number of amides is 1. The Morgan fingerprint density at radius 1 is 1.29 bits per heavy atom. The molecule has 1 aromatic carbocycles. The van der Waals surface area contributed by atoms with Crippen LogP contribution >= 0.6 is 23.2 Å². The molecule has 0 N–H and O–H groups in total. The van der Waals surface area contributed by atoms with E-state index in [0.29, 0.717) is 36.2 Å². The molecule has 2 aromatic rings. The van der Waals surface area contributed by atoms with Crippen molar-refractivity contribution >= 4 is 44.6 Å². The van der Waals surface area contributed by atoms with Gasteiger partial charge in [-0.05, 0) is 36.6 Å². The van der Waals surface area contributed by atoms with Gasteiger partial charge in [-0.25, -0.2) is 13.4 Å². The van der Waals surface area contributed by atoms with Crippen LogP contribution in [0.2, 0.25) is 10.2 Å². The molecule has 0 saturated heterocycles. The van der Waals surface area contributed by atoms with Crippen LogP contribution in [-0.2, 0) is 16.3 Å². The van der Waals surface area contributed by atoms with E-state index < -0.39 is 9.84 Å². The first-order valence-electron chi connectivity index (χ1n) is 7.24. The first-order chi connectivity index (χ1) is 11.3. The molecular formula is C16H14Cl2N2O3S. The average molecular weight is 385 g/mol. The van der Waals surface area contributed by atoms with Crippen molar-refractivity contribution in [1.29, 1.82) is 0 Å². The van der Waals surface area contributed by atoms with Crippen molar-refractivity contribution in [2.24, 2.45) is 0 Å². The molecule has 1 aliphatic heterocycles. The van der Waals surface area contributed by atoms with Crippen LogP contribution in [0.15, 0.2) is 35.4 Å². The van der Waals surface area contributed by atoms with Crippen LogP contribution in [0.4, 0.5) is 5.69 Å². The van der Waals surface area contributed by atoms with E-state index >= 15 is 0 Å². The molecule has 1 amide bonds. The fourth-order valence-electron chi connectivity index (χ4n) is 2.84. The maximum absolute atomic E-state index is 12.8. The summed E-state index contributed by atoms with van der Waals surface area (Å²) >= 11 is 11.7. The molecule has 0 spiro atoms. The molecule has 1 aromatic heterocycles. The minimum absolute atomic E-state index is 0.131. The number of rotatable bonds is 2. The van der Waals surface area contributed by atoms with E-state index in [9.17, 15) is 13.2 Å². The van der Waals surface area contributed by atoms with Gasteiger partial charge in [0, 0.05) is 24.7 Å². The number of anilines is 1. The number of pyridine rings is 1. The average Bonchev–Trinajstić information content (AvgIpc) is 2.54. The van der Waals surface area contributed by atoms with Crippen molar-refractivity contribution in [3.63, 3.8) is 0 Å². The summed E-state index contributed by atoms with van der Waals surface area (Å²) in [7, 11) is -3.36. The summed E-state index contributed by atoms with van der Waals surface area (Å²) in [6.45, 7) is 0.499. The van der Waals surface area contributed by atoms with E-state index in [1.807, 2.05) is 0 Å². The molecule has 0 atom stereocenters. The largest absolute Gasteiger partial charge is 0.308 e. The number of aromatic nitrogens is 1. The minimum Gasteiger partial charge on any atom is -0.308 e. The topological polar surface area (TPSA) is 67.3 Å². The summed E-state index contributed by atoms with van der Waals surface area (Å²) in [4.78, 5) is 18.6.